The lowest BCUT2D eigenvalue weighted by Crippen LogP contribution is -2.02. The summed E-state index contributed by atoms with van der Waals surface area (Å²) in [7, 11) is 0. The first-order valence-corrected chi connectivity index (χ1v) is 4.66. The van der Waals surface area contributed by atoms with E-state index in [1.54, 1.807) is 12.3 Å². The molecule has 0 aromatic carbocycles. The van der Waals surface area contributed by atoms with Crippen molar-refractivity contribution in [3.63, 3.8) is 0 Å². The molecular weight excluding hydrogens is 202 g/mol. The smallest absolute Gasteiger partial charge is 0.153 e. The Morgan fingerprint density at radius 3 is 3.07 bits per heavy atom. The standard InChI is InChI=1S/C9H10ClN3O/c10-7-3-8(14-5-7)9-6(1-2-11)4-12-13-9/h3-5H,1-2,11H2,(H,12,13). The topological polar surface area (TPSA) is 67.8 Å². The van der Waals surface area contributed by atoms with Crippen LogP contribution in [-0.4, -0.2) is 16.7 Å². The summed E-state index contributed by atoms with van der Waals surface area (Å²) in [6.45, 7) is 0.584. The van der Waals surface area contributed by atoms with E-state index in [0.29, 0.717) is 17.3 Å². The van der Waals surface area contributed by atoms with Crippen molar-refractivity contribution in [2.24, 2.45) is 5.73 Å². The molecule has 0 amide bonds. The first-order chi connectivity index (χ1) is 6.81. The predicted octanol–water partition coefficient (Wildman–Crippen LogP) is 1.82. The summed E-state index contributed by atoms with van der Waals surface area (Å²) >= 11 is 5.75. The lowest BCUT2D eigenvalue weighted by atomic mass is 10.1. The third-order valence-corrected chi connectivity index (χ3v) is 2.14. The number of nitrogens with two attached hydrogens (primary N) is 1. The quantitative estimate of drug-likeness (QED) is 0.814. The Hall–Kier alpha value is -1.26. The fraction of sp³-hybridized carbons (Fsp3) is 0.222. The zero-order chi connectivity index (χ0) is 9.97. The van der Waals surface area contributed by atoms with E-state index < -0.39 is 0 Å². The van der Waals surface area contributed by atoms with Crippen LogP contribution in [-0.2, 0) is 6.42 Å². The van der Waals surface area contributed by atoms with Gasteiger partial charge in [-0.3, -0.25) is 5.10 Å². The van der Waals surface area contributed by atoms with E-state index >= 15 is 0 Å². The molecule has 0 saturated heterocycles. The molecule has 74 valence electrons. The molecule has 2 aromatic rings. The second kappa shape index (κ2) is 3.86. The maximum Gasteiger partial charge on any atom is 0.153 e. The van der Waals surface area contributed by atoms with Crippen LogP contribution < -0.4 is 5.73 Å². The van der Waals surface area contributed by atoms with Gasteiger partial charge in [-0.15, -0.1) is 0 Å². The molecule has 0 aliphatic rings. The van der Waals surface area contributed by atoms with Crippen LogP contribution in [0.5, 0.6) is 0 Å². The van der Waals surface area contributed by atoms with E-state index in [4.69, 9.17) is 21.8 Å². The van der Waals surface area contributed by atoms with Crippen LogP contribution in [0, 0.1) is 0 Å². The zero-order valence-electron chi connectivity index (χ0n) is 7.46. The van der Waals surface area contributed by atoms with Gasteiger partial charge in [0, 0.05) is 11.6 Å². The predicted molar refractivity (Wildman–Crippen MR) is 54.1 cm³/mol. The van der Waals surface area contributed by atoms with Crippen LogP contribution in [0.1, 0.15) is 5.56 Å². The first kappa shape index (κ1) is 9.30. The Balaban J connectivity index is 2.36. The number of nitrogens with one attached hydrogen (secondary N) is 1. The molecule has 0 bridgehead atoms. The van der Waals surface area contributed by atoms with E-state index in [1.807, 2.05) is 0 Å². The minimum Gasteiger partial charge on any atom is -0.461 e. The van der Waals surface area contributed by atoms with Crippen molar-refractivity contribution >= 4 is 11.6 Å². The lowest BCUT2D eigenvalue weighted by molar-refractivity contribution is 0.579. The SMILES string of the molecule is NCCc1cn[nH]c1-c1cc(Cl)co1. The number of nitrogens with zero attached hydrogens (tertiary/aromatic N) is 1. The molecule has 2 rings (SSSR count). The molecule has 0 atom stereocenters. The summed E-state index contributed by atoms with van der Waals surface area (Å²) in [5.74, 6) is 0.691. The molecule has 2 aromatic heterocycles. The molecule has 3 N–H and O–H groups in total. The average molecular weight is 212 g/mol. The molecule has 0 radical (unpaired) electrons. The molecule has 0 unspecified atom stereocenters. The molecule has 0 saturated carbocycles. The van der Waals surface area contributed by atoms with Gasteiger partial charge >= 0.3 is 0 Å². The number of H-pyrrole nitrogens is 1. The molecule has 14 heavy (non-hydrogen) atoms. The Kier molecular flexibility index (Phi) is 2.56. The Morgan fingerprint density at radius 1 is 1.57 bits per heavy atom. The van der Waals surface area contributed by atoms with Crippen molar-refractivity contribution in [2.75, 3.05) is 6.54 Å². The van der Waals surface area contributed by atoms with Crippen LogP contribution in [0.3, 0.4) is 0 Å². The van der Waals surface area contributed by atoms with E-state index in [9.17, 15) is 0 Å². The van der Waals surface area contributed by atoms with Crippen LogP contribution in [0.4, 0.5) is 0 Å². The second-order valence-corrected chi connectivity index (χ2v) is 3.37. The monoisotopic (exact) mass is 211 g/mol. The number of aromatic amines is 1. The van der Waals surface area contributed by atoms with Gasteiger partial charge in [0.25, 0.3) is 0 Å². The summed E-state index contributed by atoms with van der Waals surface area (Å²) in [5, 5.41) is 7.38. The third kappa shape index (κ3) is 1.66. The number of aromatic nitrogens is 2. The summed E-state index contributed by atoms with van der Waals surface area (Å²) in [5.41, 5.74) is 7.36. The minimum absolute atomic E-state index is 0.577. The Bertz CT molecular complexity index is 421. The summed E-state index contributed by atoms with van der Waals surface area (Å²) in [6.07, 6.45) is 4.01. The first-order valence-electron chi connectivity index (χ1n) is 4.28. The molecule has 0 spiro atoms. The number of hydrogen-bond donors (Lipinski definition) is 2. The van der Waals surface area contributed by atoms with E-state index in [2.05, 4.69) is 10.2 Å². The number of halogens is 1. The molecule has 0 aliphatic heterocycles. The largest absolute Gasteiger partial charge is 0.461 e. The van der Waals surface area contributed by atoms with Crippen molar-refractivity contribution < 1.29 is 4.42 Å². The third-order valence-electron chi connectivity index (χ3n) is 1.95. The zero-order valence-corrected chi connectivity index (χ0v) is 8.21. The van der Waals surface area contributed by atoms with Crippen LogP contribution in [0.2, 0.25) is 5.02 Å². The molecule has 5 heteroatoms. The van der Waals surface area contributed by atoms with Gasteiger partial charge < -0.3 is 10.2 Å². The lowest BCUT2D eigenvalue weighted by Gasteiger charge is -1.96. The van der Waals surface area contributed by atoms with Crippen LogP contribution in [0.25, 0.3) is 11.5 Å². The highest BCUT2D eigenvalue weighted by atomic mass is 35.5. The van der Waals surface area contributed by atoms with Gasteiger partial charge in [0.15, 0.2) is 5.76 Å². The maximum absolute atomic E-state index is 5.75. The van der Waals surface area contributed by atoms with Crippen LogP contribution >= 0.6 is 11.6 Å². The van der Waals surface area contributed by atoms with Gasteiger partial charge in [-0.2, -0.15) is 5.10 Å². The van der Waals surface area contributed by atoms with E-state index in [0.717, 1.165) is 17.7 Å². The highest BCUT2D eigenvalue weighted by Gasteiger charge is 2.10. The van der Waals surface area contributed by atoms with Gasteiger partial charge in [0.05, 0.1) is 11.2 Å². The normalized spacial score (nSPS) is 10.7. The average Bonchev–Trinajstić information content (AvgIpc) is 2.74. The highest BCUT2D eigenvalue weighted by Crippen LogP contribution is 2.25. The fourth-order valence-corrected chi connectivity index (χ4v) is 1.46. The van der Waals surface area contributed by atoms with Crippen LogP contribution in [0.15, 0.2) is 22.9 Å². The number of rotatable bonds is 3. The summed E-state index contributed by atoms with van der Waals surface area (Å²) < 4.78 is 5.25. The molecular formula is C9H10ClN3O. The van der Waals surface area contributed by atoms with Crippen molar-refractivity contribution in [3.05, 3.63) is 29.1 Å². The van der Waals surface area contributed by atoms with Gasteiger partial charge in [-0.05, 0) is 13.0 Å². The van der Waals surface area contributed by atoms with Crippen molar-refractivity contribution in [1.82, 2.24) is 10.2 Å². The van der Waals surface area contributed by atoms with Crippen molar-refractivity contribution in [1.29, 1.82) is 0 Å². The molecule has 0 fully saturated rings. The van der Waals surface area contributed by atoms with Crippen molar-refractivity contribution in [2.45, 2.75) is 6.42 Å². The Labute approximate surface area is 86.1 Å². The highest BCUT2D eigenvalue weighted by molar-refractivity contribution is 6.30. The summed E-state index contributed by atoms with van der Waals surface area (Å²) in [6, 6.07) is 1.75. The summed E-state index contributed by atoms with van der Waals surface area (Å²) in [4.78, 5) is 0. The Morgan fingerprint density at radius 2 is 2.43 bits per heavy atom. The molecule has 2 heterocycles. The molecule has 0 aliphatic carbocycles. The van der Waals surface area contributed by atoms with E-state index in [1.165, 1.54) is 6.26 Å². The minimum atomic E-state index is 0.577. The van der Waals surface area contributed by atoms with Gasteiger partial charge in [0.1, 0.15) is 12.0 Å². The second-order valence-electron chi connectivity index (χ2n) is 2.94. The number of furan rings is 1. The van der Waals surface area contributed by atoms with Crippen molar-refractivity contribution in [3.8, 4) is 11.5 Å². The number of hydrogen-bond acceptors (Lipinski definition) is 3. The van der Waals surface area contributed by atoms with Gasteiger partial charge in [0.2, 0.25) is 0 Å². The van der Waals surface area contributed by atoms with E-state index in [-0.39, 0.29) is 0 Å². The molecule has 4 nitrogen and oxygen atoms in total. The van der Waals surface area contributed by atoms with Gasteiger partial charge in [-0.1, -0.05) is 11.6 Å². The fourth-order valence-electron chi connectivity index (χ4n) is 1.31. The van der Waals surface area contributed by atoms with Gasteiger partial charge in [-0.25, -0.2) is 0 Å². The maximum atomic E-state index is 5.75.